The highest BCUT2D eigenvalue weighted by molar-refractivity contribution is 5.89. The maximum absolute atomic E-state index is 11.9. The molecule has 23 heavy (non-hydrogen) atoms. The third kappa shape index (κ3) is 5.56. The summed E-state index contributed by atoms with van der Waals surface area (Å²) in [6, 6.07) is 7.70. The number of likely N-dealkylation sites (tertiary alicyclic amines) is 1. The van der Waals surface area contributed by atoms with Crippen molar-refractivity contribution in [3.8, 4) is 0 Å². The van der Waals surface area contributed by atoms with Gasteiger partial charge in [-0.25, -0.2) is 4.79 Å². The molecule has 126 valence electrons. The highest BCUT2D eigenvalue weighted by Crippen LogP contribution is 2.17. The van der Waals surface area contributed by atoms with Crippen molar-refractivity contribution in [3.05, 3.63) is 29.8 Å². The lowest BCUT2D eigenvalue weighted by Gasteiger charge is -2.19. The molecule has 1 heterocycles. The molecule has 1 atom stereocenters. The average molecular weight is 318 g/mol. The number of carbonyl (C=O) groups excluding carboxylic acids is 2. The van der Waals surface area contributed by atoms with Gasteiger partial charge in [0.2, 0.25) is 5.91 Å². The van der Waals surface area contributed by atoms with Crippen LogP contribution in [-0.2, 0) is 11.2 Å². The smallest absolute Gasteiger partial charge is 0.319 e. The Morgan fingerprint density at radius 3 is 2.61 bits per heavy atom. The van der Waals surface area contributed by atoms with Gasteiger partial charge in [0.15, 0.2) is 0 Å². The SMILES string of the molecule is CNC(=O)Cc1ccc(NC(=O)NCCC2CCCN2C)cc1. The third-order valence-electron chi connectivity index (χ3n) is 4.29. The van der Waals surface area contributed by atoms with Gasteiger partial charge in [0, 0.05) is 25.3 Å². The van der Waals surface area contributed by atoms with E-state index in [2.05, 4.69) is 27.9 Å². The minimum atomic E-state index is -0.190. The molecule has 0 bridgehead atoms. The average Bonchev–Trinajstić information content (AvgIpc) is 2.94. The number of hydrogen-bond donors (Lipinski definition) is 3. The van der Waals surface area contributed by atoms with Crippen LogP contribution in [-0.4, -0.2) is 50.1 Å². The van der Waals surface area contributed by atoms with E-state index < -0.39 is 0 Å². The van der Waals surface area contributed by atoms with Crippen LogP contribution in [0.25, 0.3) is 0 Å². The lowest BCUT2D eigenvalue weighted by atomic mass is 10.1. The van der Waals surface area contributed by atoms with E-state index in [0.717, 1.165) is 24.2 Å². The summed E-state index contributed by atoms with van der Waals surface area (Å²) in [5, 5.41) is 8.29. The number of urea groups is 1. The van der Waals surface area contributed by atoms with Gasteiger partial charge in [-0.3, -0.25) is 4.79 Å². The Kier molecular flexibility index (Phi) is 6.40. The third-order valence-corrected chi connectivity index (χ3v) is 4.29. The topological polar surface area (TPSA) is 73.5 Å². The Hall–Kier alpha value is -2.08. The van der Waals surface area contributed by atoms with Gasteiger partial charge in [-0.05, 0) is 50.6 Å². The lowest BCUT2D eigenvalue weighted by Crippen LogP contribution is -2.34. The Labute approximate surface area is 137 Å². The van der Waals surface area contributed by atoms with Crippen LogP contribution in [0.4, 0.5) is 10.5 Å². The van der Waals surface area contributed by atoms with Crippen LogP contribution < -0.4 is 16.0 Å². The van der Waals surface area contributed by atoms with Gasteiger partial charge in [0.1, 0.15) is 0 Å². The molecule has 0 radical (unpaired) electrons. The number of nitrogens with one attached hydrogen (secondary N) is 3. The summed E-state index contributed by atoms with van der Waals surface area (Å²) in [4.78, 5) is 25.5. The molecular weight excluding hydrogens is 292 g/mol. The summed E-state index contributed by atoms with van der Waals surface area (Å²) in [6.45, 7) is 1.83. The minimum Gasteiger partial charge on any atom is -0.359 e. The molecule has 1 aromatic rings. The molecule has 0 spiro atoms. The molecule has 6 heteroatoms. The fourth-order valence-corrected chi connectivity index (χ4v) is 2.85. The number of nitrogens with zero attached hydrogens (tertiary/aromatic N) is 1. The molecule has 3 N–H and O–H groups in total. The van der Waals surface area contributed by atoms with Gasteiger partial charge in [-0.15, -0.1) is 0 Å². The van der Waals surface area contributed by atoms with Gasteiger partial charge in [0.25, 0.3) is 0 Å². The molecule has 6 nitrogen and oxygen atoms in total. The number of amides is 3. The molecule has 2 rings (SSSR count). The van der Waals surface area contributed by atoms with Crippen LogP contribution >= 0.6 is 0 Å². The second kappa shape index (κ2) is 8.53. The fraction of sp³-hybridized carbons (Fsp3) is 0.529. The van der Waals surface area contributed by atoms with E-state index in [-0.39, 0.29) is 11.9 Å². The van der Waals surface area contributed by atoms with Gasteiger partial charge in [-0.1, -0.05) is 12.1 Å². The molecule has 1 aliphatic heterocycles. The first kappa shape index (κ1) is 17.3. The number of rotatable bonds is 6. The first-order chi connectivity index (χ1) is 11.1. The van der Waals surface area contributed by atoms with Gasteiger partial charge in [0.05, 0.1) is 6.42 Å². The van der Waals surface area contributed by atoms with Crippen molar-refractivity contribution >= 4 is 17.6 Å². The summed E-state index contributed by atoms with van der Waals surface area (Å²) < 4.78 is 0. The monoisotopic (exact) mass is 318 g/mol. The molecule has 0 saturated carbocycles. The van der Waals surface area contributed by atoms with Crippen molar-refractivity contribution in [1.29, 1.82) is 0 Å². The highest BCUT2D eigenvalue weighted by atomic mass is 16.2. The second-order valence-corrected chi connectivity index (χ2v) is 5.99. The zero-order chi connectivity index (χ0) is 16.7. The van der Waals surface area contributed by atoms with Crippen molar-refractivity contribution in [2.75, 3.05) is 32.5 Å². The Bertz CT molecular complexity index is 530. The molecule has 3 amide bonds. The minimum absolute atomic E-state index is 0.0275. The number of likely N-dealkylation sites (N-methyl/N-ethyl adjacent to an activating group) is 1. The molecule has 1 saturated heterocycles. The van der Waals surface area contributed by atoms with Gasteiger partial charge >= 0.3 is 6.03 Å². The predicted octanol–water partition coefficient (Wildman–Crippen LogP) is 1.58. The van der Waals surface area contributed by atoms with E-state index in [0.29, 0.717) is 19.0 Å². The number of carbonyl (C=O) groups is 2. The molecule has 1 fully saturated rings. The standard InChI is InChI=1S/C17H26N4O2/c1-18-16(22)12-13-5-7-14(8-6-13)20-17(23)19-10-9-15-4-3-11-21(15)2/h5-8,15H,3-4,9-12H2,1-2H3,(H,18,22)(H2,19,20,23). The van der Waals surface area contributed by atoms with Crippen LogP contribution in [0.2, 0.25) is 0 Å². The number of benzene rings is 1. The lowest BCUT2D eigenvalue weighted by molar-refractivity contribution is -0.119. The van der Waals surface area contributed by atoms with Crippen LogP contribution in [0.3, 0.4) is 0 Å². The van der Waals surface area contributed by atoms with E-state index >= 15 is 0 Å². The first-order valence-corrected chi connectivity index (χ1v) is 8.13. The zero-order valence-corrected chi connectivity index (χ0v) is 13.9. The summed E-state index contributed by atoms with van der Waals surface area (Å²) in [5.41, 5.74) is 1.64. The van der Waals surface area contributed by atoms with Crippen LogP contribution in [0.5, 0.6) is 0 Å². The summed E-state index contributed by atoms with van der Waals surface area (Å²) in [7, 11) is 3.75. The van der Waals surface area contributed by atoms with Crippen LogP contribution in [0.1, 0.15) is 24.8 Å². The van der Waals surface area contributed by atoms with E-state index in [9.17, 15) is 9.59 Å². The van der Waals surface area contributed by atoms with Gasteiger partial charge < -0.3 is 20.9 Å². The highest BCUT2D eigenvalue weighted by Gasteiger charge is 2.20. The van der Waals surface area contributed by atoms with Crippen molar-refractivity contribution in [2.45, 2.75) is 31.7 Å². The molecule has 1 aromatic carbocycles. The van der Waals surface area contributed by atoms with Crippen molar-refractivity contribution in [2.24, 2.45) is 0 Å². The van der Waals surface area contributed by atoms with Crippen molar-refractivity contribution in [3.63, 3.8) is 0 Å². The molecule has 1 unspecified atom stereocenters. The first-order valence-electron chi connectivity index (χ1n) is 8.13. The maximum atomic E-state index is 11.9. The summed E-state index contributed by atoms with van der Waals surface area (Å²) >= 11 is 0. The largest absolute Gasteiger partial charge is 0.359 e. The number of anilines is 1. The number of hydrogen-bond acceptors (Lipinski definition) is 3. The van der Waals surface area contributed by atoms with Gasteiger partial charge in [-0.2, -0.15) is 0 Å². The fourth-order valence-electron chi connectivity index (χ4n) is 2.85. The Morgan fingerprint density at radius 2 is 2.00 bits per heavy atom. The van der Waals surface area contributed by atoms with Crippen molar-refractivity contribution < 1.29 is 9.59 Å². The predicted molar refractivity (Wildman–Crippen MR) is 91.5 cm³/mol. The molecular formula is C17H26N4O2. The van der Waals surface area contributed by atoms with E-state index in [1.54, 1.807) is 7.05 Å². The van der Waals surface area contributed by atoms with E-state index in [1.807, 2.05) is 24.3 Å². The molecule has 0 aliphatic carbocycles. The van der Waals surface area contributed by atoms with Crippen molar-refractivity contribution in [1.82, 2.24) is 15.5 Å². The molecule has 1 aliphatic rings. The second-order valence-electron chi connectivity index (χ2n) is 5.99. The maximum Gasteiger partial charge on any atom is 0.319 e. The summed E-state index contributed by atoms with van der Waals surface area (Å²) in [5.74, 6) is -0.0275. The quantitative estimate of drug-likeness (QED) is 0.745. The zero-order valence-electron chi connectivity index (χ0n) is 13.9. The molecule has 0 aromatic heterocycles. The van der Waals surface area contributed by atoms with Crippen LogP contribution in [0.15, 0.2) is 24.3 Å². The normalized spacial score (nSPS) is 17.7. The van der Waals surface area contributed by atoms with E-state index in [1.165, 1.54) is 12.8 Å². The van der Waals surface area contributed by atoms with Crippen LogP contribution in [0, 0.1) is 0 Å². The van der Waals surface area contributed by atoms with E-state index in [4.69, 9.17) is 0 Å². The Morgan fingerprint density at radius 1 is 1.26 bits per heavy atom. The Balaban J connectivity index is 1.71. The summed E-state index contributed by atoms with van der Waals surface area (Å²) in [6.07, 6.45) is 3.79.